The van der Waals surface area contributed by atoms with Crippen LogP contribution in [0.2, 0.25) is 0 Å². The number of carbonyl (C=O) groups excluding carboxylic acids is 1. The van der Waals surface area contributed by atoms with Gasteiger partial charge >= 0.3 is 0 Å². The first kappa shape index (κ1) is 23.0. The molecule has 1 aliphatic rings. The van der Waals surface area contributed by atoms with Crippen molar-refractivity contribution < 1.29 is 14.3 Å². The quantitative estimate of drug-likeness (QED) is 0.314. The number of unbranched alkanes of at least 4 members (excludes halogenated alkanes) is 2. The van der Waals surface area contributed by atoms with Gasteiger partial charge in [0.2, 0.25) is 23.2 Å². The summed E-state index contributed by atoms with van der Waals surface area (Å²) in [6, 6.07) is 15.2. The predicted octanol–water partition coefficient (Wildman–Crippen LogP) is 5.66. The molecule has 0 saturated carbocycles. The van der Waals surface area contributed by atoms with E-state index >= 15 is 0 Å². The number of anilines is 1. The first-order chi connectivity index (χ1) is 16.1. The molecule has 3 aromatic rings. The minimum Gasteiger partial charge on any atom is -0.494 e. The lowest BCUT2D eigenvalue weighted by Crippen LogP contribution is -2.36. The van der Waals surface area contributed by atoms with Gasteiger partial charge in [0.05, 0.1) is 12.3 Å². The molecular weight excluding hydrogens is 436 g/mol. The summed E-state index contributed by atoms with van der Waals surface area (Å²) in [6.07, 6.45) is 2.73. The molecule has 172 valence electrons. The molecule has 0 radical (unpaired) electrons. The highest BCUT2D eigenvalue weighted by molar-refractivity contribution is 7.99. The van der Waals surface area contributed by atoms with Gasteiger partial charge in [-0.3, -0.25) is 9.69 Å². The van der Waals surface area contributed by atoms with Crippen LogP contribution in [0.15, 0.2) is 53.7 Å². The summed E-state index contributed by atoms with van der Waals surface area (Å²) < 4.78 is 12.0. The topological polar surface area (TPSA) is 77.4 Å². The van der Waals surface area contributed by atoms with E-state index in [9.17, 15) is 4.79 Å². The number of aromatic nitrogens is 3. The Morgan fingerprint density at radius 3 is 2.61 bits per heavy atom. The van der Waals surface area contributed by atoms with Crippen molar-refractivity contribution in [3.8, 4) is 22.9 Å². The van der Waals surface area contributed by atoms with Gasteiger partial charge in [0.1, 0.15) is 5.75 Å². The van der Waals surface area contributed by atoms with E-state index in [0.717, 1.165) is 35.5 Å². The van der Waals surface area contributed by atoms with E-state index in [1.54, 1.807) is 16.7 Å². The Morgan fingerprint density at radius 2 is 1.88 bits per heavy atom. The minimum atomic E-state index is -0.699. The molecule has 0 spiro atoms. The Balaban J connectivity index is 1.76. The molecule has 2 aromatic carbocycles. The number of amides is 1. The van der Waals surface area contributed by atoms with Gasteiger partial charge in [0.15, 0.2) is 5.69 Å². The summed E-state index contributed by atoms with van der Waals surface area (Å²) in [6.45, 7) is 6.24. The molecule has 1 aromatic heterocycles. The molecule has 1 aliphatic heterocycles. The van der Waals surface area contributed by atoms with E-state index in [1.165, 1.54) is 13.3 Å². The number of para-hydroxylation sites is 1. The summed E-state index contributed by atoms with van der Waals surface area (Å²) in [5, 5.41) is 9.37. The molecular formula is C25H28N4O3S. The minimum absolute atomic E-state index is 0.142. The number of hydrogen-bond acceptors (Lipinski definition) is 7. The molecule has 0 N–H and O–H groups in total. The lowest BCUT2D eigenvalue weighted by atomic mass is 10.1. The van der Waals surface area contributed by atoms with Crippen molar-refractivity contribution >= 4 is 23.4 Å². The number of ether oxygens (including phenoxy) is 2. The van der Waals surface area contributed by atoms with Gasteiger partial charge in [0, 0.05) is 23.8 Å². The number of thioether (sulfide) groups is 1. The van der Waals surface area contributed by atoms with Gasteiger partial charge in [-0.15, -0.1) is 10.2 Å². The summed E-state index contributed by atoms with van der Waals surface area (Å²) in [4.78, 5) is 19.2. The zero-order valence-corrected chi connectivity index (χ0v) is 20.0. The molecule has 2 heterocycles. The number of benzene rings is 2. The zero-order chi connectivity index (χ0) is 23.2. The molecule has 1 atom stereocenters. The molecule has 8 heteroatoms. The third-order valence-electron chi connectivity index (χ3n) is 5.31. The van der Waals surface area contributed by atoms with E-state index in [-0.39, 0.29) is 5.91 Å². The van der Waals surface area contributed by atoms with Crippen molar-refractivity contribution in [2.24, 2.45) is 0 Å². The number of hydrogen-bond donors (Lipinski definition) is 0. The van der Waals surface area contributed by atoms with Crippen LogP contribution >= 0.6 is 11.8 Å². The van der Waals surface area contributed by atoms with Crippen molar-refractivity contribution in [2.75, 3.05) is 17.3 Å². The van der Waals surface area contributed by atoms with Gasteiger partial charge in [-0.05, 0) is 43.7 Å². The molecule has 0 saturated heterocycles. The predicted molar refractivity (Wildman–Crippen MR) is 130 cm³/mol. The van der Waals surface area contributed by atoms with Crippen molar-refractivity contribution in [3.63, 3.8) is 0 Å². The number of rotatable bonds is 8. The Hall–Kier alpha value is -3.13. The van der Waals surface area contributed by atoms with Gasteiger partial charge in [-0.1, -0.05) is 49.7 Å². The standard InChI is InChI=1S/C25H28N4O3S/c1-4-6-9-16-33-25-26-23-22(27-28-25)20-10-7-8-11-21(20)29(17(3)30)24(32-23)18-12-14-19(15-13-18)31-5-2/h7-8,10-15,24H,4-6,9,16H2,1-3H3/t24-/m1/s1. The second-order valence-corrected chi connectivity index (χ2v) is 8.74. The van der Waals surface area contributed by atoms with Gasteiger partial charge < -0.3 is 9.47 Å². The van der Waals surface area contributed by atoms with Gasteiger partial charge in [0.25, 0.3) is 0 Å². The average molecular weight is 465 g/mol. The summed E-state index contributed by atoms with van der Waals surface area (Å²) in [5.41, 5.74) is 2.82. The highest BCUT2D eigenvalue weighted by atomic mass is 32.2. The fourth-order valence-electron chi connectivity index (χ4n) is 3.74. The first-order valence-corrected chi connectivity index (χ1v) is 12.3. The average Bonchev–Trinajstić information content (AvgIpc) is 2.97. The Kier molecular flexibility index (Phi) is 7.44. The highest BCUT2D eigenvalue weighted by Crippen LogP contribution is 2.43. The summed E-state index contributed by atoms with van der Waals surface area (Å²) in [7, 11) is 0. The highest BCUT2D eigenvalue weighted by Gasteiger charge is 2.34. The van der Waals surface area contributed by atoms with E-state index < -0.39 is 6.23 Å². The van der Waals surface area contributed by atoms with Crippen LogP contribution in [-0.2, 0) is 4.79 Å². The normalized spacial score (nSPS) is 14.6. The molecule has 0 aliphatic carbocycles. The SMILES string of the molecule is CCCCCSc1nnc2c(n1)O[C@H](c1ccc(OCC)cc1)N(C(C)=O)c1ccccc1-2. The van der Waals surface area contributed by atoms with Crippen LogP contribution < -0.4 is 14.4 Å². The van der Waals surface area contributed by atoms with Crippen LogP contribution in [-0.4, -0.2) is 33.4 Å². The molecule has 0 unspecified atom stereocenters. The van der Waals surface area contributed by atoms with E-state index in [2.05, 4.69) is 17.1 Å². The maximum absolute atomic E-state index is 12.8. The smallest absolute Gasteiger partial charge is 0.247 e. The van der Waals surface area contributed by atoms with E-state index in [0.29, 0.717) is 29.0 Å². The van der Waals surface area contributed by atoms with Crippen LogP contribution in [0.25, 0.3) is 11.3 Å². The van der Waals surface area contributed by atoms with Gasteiger partial charge in [-0.25, -0.2) is 0 Å². The van der Waals surface area contributed by atoms with Gasteiger partial charge in [-0.2, -0.15) is 4.98 Å². The fourth-order valence-corrected chi connectivity index (χ4v) is 4.52. The molecule has 0 bridgehead atoms. The lowest BCUT2D eigenvalue weighted by Gasteiger charge is -2.30. The zero-order valence-electron chi connectivity index (χ0n) is 19.2. The number of carbonyl (C=O) groups is 1. The largest absolute Gasteiger partial charge is 0.494 e. The van der Waals surface area contributed by atoms with E-state index in [4.69, 9.17) is 14.5 Å². The van der Waals surface area contributed by atoms with E-state index in [1.807, 2.05) is 55.5 Å². The second kappa shape index (κ2) is 10.7. The van der Waals surface area contributed by atoms with Crippen molar-refractivity contribution in [1.82, 2.24) is 15.2 Å². The molecule has 33 heavy (non-hydrogen) atoms. The second-order valence-electron chi connectivity index (χ2n) is 7.68. The molecule has 0 fully saturated rings. The van der Waals surface area contributed by atoms with Crippen LogP contribution in [0.4, 0.5) is 5.69 Å². The third kappa shape index (κ3) is 5.11. The summed E-state index contributed by atoms with van der Waals surface area (Å²) >= 11 is 1.57. The monoisotopic (exact) mass is 464 g/mol. The Bertz CT molecular complexity index is 1110. The van der Waals surface area contributed by atoms with Crippen LogP contribution in [0.1, 0.15) is 51.8 Å². The molecule has 1 amide bonds. The van der Waals surface area contributed by atoms with Crippen LogP contribution in [0, 0.1) is 0 Å². The maximum Gasteiger partial charge on any atom is 0.247 e. The summed E-state index contributed by atoms with van der Waals surface area (Å²) in [5.74, 6) is 1.92. The first-order valence-electron chi connectivity index (χ1n) is 11.3. The number of fused-ring (bicyclic) bond motifs is 3. The Morgan fingerprint density at radius 1 is 1.09 bits per heavy atom. The third-order valence-corrected chi connectivity index (χ3v) is 6.23. The van der Waals surface area contributed by atoms with Crippen molar-refractivity contribution in [3.05, 3.63) is 54.1 Å². The van der Waals surface area contributed by atoms with Crippen molar-refractivity contribution in [2.45, 2.75) is 51.4 Å². The van der Waals surface area contributed by atoms with Crippen molar-refractivity contribution in [1.29, 1.82) is 0 Å². The number of nitrogens with zero attached hydrogens (tertiary/aromatic N) is 4. The Labute approximate surface area is 198 Å². The fraction of sp³-hybridized carbons (Fsp3) is 0.360. The van der Waals surface area contributed by atoms with Crippen LogP contribution in [0.5, 0.6) is 11.6 Å². The lowest BCUT2D eigenvalue weighted by molar-refractivity contribution is -0.118. The molecule has 4 rings (SSSR count). The maximum atomic E-state index is 12.8. The van der Waals surface area contributed by atoms with Crippen LogP contribution in [0.3, 0.4) is 0 Å². The molecule has 7 nitrogen and oxygen atoms in total.